The number of nitrogens with one attached hydrogen (secondary N) is 2. The minimum atomic E-state index is -0.273. The van der Waals surface area contributed by atoms with E-state index in [-0.39, 0.29) is 11.3 Å². The molecule has 0 unspecified atom stereocenters. The van der Waals surface area contributed by atoms with Crippen molar-refractivity contribution in [3.63, 3.8) is 0 Å². The molecule has 2 rings (SSSR count). The highest BCUT2D eigenvalue weighted by molar-refractivity contribution is 9.10. The summed E-state index contributed by atoms with van der Waals surface area (Å²) in [5.41, 5.74) is 1.35. The molecule has 5 heteroatoms. The lowest BCUT2D eigenvalue weighted by molar-refractivity contribution is -0.126. The fourth-order valence-electron chi connectivity index (χ4n) is 2.14. The van der Waals surface area contributed by atoms with E-state index in [9.17, 15) is 4.79 Å². The molecule has 1 aromatic heterocycles. The van der Waals surface area contributed by atoms with Crippen molar-refractivity contribution in [3.05, 3.63) is 22.4 Å². The van der Waals surface area contributed by atoms with Crippen LogP contribution in [-0.4, -0.2) is 24.0 Å². The lowest BCUT2D eigenvalue weighted by Gasteiger charge is -2.32. The molecule has 98 valence electrons. The quantitative estimate of drug-likeness (QED) is 0.825. The molecule has 0 aliphatic carbocycles. The summed E-state index contributed by atoms with van der Waals surface area (Å²) in [5.74, 6) is 0.0937. The Morgan fingerprint density at radius 3 is 2.72 bits per heavy atom. The maximum absolute atomic E-state index is 12.3. The highest BCUT2D eigenvalue weighted by Crippen LogP contribution is 2.30. The van der Waals surface area contributed by atoms with Gasteiger partial charge in [-0.15, -0.1) is 0 Å². The first-order chi connectivity index (χ1) is 8.51. The third-order valence-electron chi connectivity index (χ3n) is 3.56. The number of carbonyl (C=O) groups excluding carboxylic acids is 1. The topological polar surface area (TPSA) is 54.0 Å². The molecule has 18 heavy (non-hydrogen) atoms. The molecule has 1 aromatic rings. The first-order valence-corrected chi connectivity index (χ1v) is 6.96. The van der Waals surface area contributed by atoms with E-state index < -0.39 is 0 Å². The average molecular weight is 312 g/mol. The number of aromatic nitrogens is 1. The van der Waals surface area contributed by atoms with Crippen LogP contribution in [0.4, 0.5) is 5.69 Å². The van der Waals surface area contributed by atoms with Crippen molar-refractivity contribution in [1.29, 1.82) is 0 Å². The Hall–Kier alpha value is -0.940. The normalized spacial score (nSPS) is 18.4. The number of anilines is 1. The SMILES string of the molecule is Cc1nc(Br)ccc1NC(=O)C1(C)CCNCC1. The number of aryl methyl sites for hydroxylation is 1. The highest BCUT2D eigenvalue weighted by atomic mass is 79.9. The zero-order valence-corrected chi connectivity index (χ0v) is 12.3. The molecule has 2 N–H and O–H groups in total. The van der Waals surface area contributed by atoms with Crippen LogP contribution in [0.25, 0.3) is 0 Å². The van der Waals surface area contributed by atoms with Gasteiger partial charge in [0.1, 0.15) is 4.60 Å². The zero-order chi connectivity index (χ0) is 13.2. The third-order valence-corrected chi connectivity index (χ3v) is 4.00. The van der Waals surface area contributed by atoms with Crippen molar-refractivity contribution in [2.75, 3.05) is 18.4 Å². The summed E-state index contributed by atoms with van der Waals surface area (Å²) in [6.45, 7) is 5.74. The summed E-state index contributed by atoms with van der Waals surface area (Å²) in [6, 6.07) is 3.72. The fraction of sp³-hybridized carbons (Fsp3) is 0.538. The van der Waals surface area contributed by atoms with Gasteiger partial charge in [-0.1, -0.05) is 6.92 Å². The van der Waals surface area contributed by atoms with Crippen molar-refractivity contribution in [2.45, 2.75) is 26.7 Å². The lowest BCUT2D eigenvalue weighted by atomic mass is 9.80. The highest BCUT2D eigenvalue weighted by Gasteiger charge is 2.34. The van der Waals surface area contributed by atoms with Gasteiger partial charge in [0.2, 0.25) is 5.91 Å². The lowest BCUT2D eigenvalue weighted by Crippen LogP contribution is -2.42. The van der Waals surface area contributed by atoms with E-state index in [4.69, 9.17) is 0 Å². The molecule has 0 radical (unpaired) electrons. The van der Waals surface area contributed by atoms with Crippen LogP contribution in [0.5, 0.6) is 0 Å². The Bertz CT molecular complexity index is 456. The van der Waals surface area contributed by atoms with Crippen LogP contribution in [0.3, 0.4) is 0 Å². The van der Waals surface area contributed by atoms with Gasteiger partial charge in [0, 0.05) is 5.41 Å². The van der Waals surface area contributed by atoms with Gasteiger partial charge >= 0.3 is 0 Å². The smallest absolute Gasteiger partial charge is 0.230 e. The van der Waals surface area contributed by atoms with Crippen molar-refractivity contribution < 1.29 is 4.79 Å². The summed E-state index contributed by atoms with van der Waals surface area (Å²) in [6.07, 6.45) is 1.75. The van der Waals surface area contributed by atoms with Crippen LogP contribution in [0, 0.1) is 12.3 Å². The van der Waals surface area contributed by atoms with E-state index in [0.717, 1.165) is 41.9 Å². The molecule has 2 heterocycles. The van der Waals surface area contributed by atoms with Crippen molar-refractivity contribution in [3.8, 4) is 0 Å². The predicted molar refractivity (Wildman–Crippen MR) is 75.5 cm³/mol. The van der Waals surface area contributed by atoms with E-state index in [1.165, 1.54) is 0 Å². The molecule has 1 saturated heterocycles. The molecular formula is C13H18BrN3O. The predicted octanol–water partition coefficient (Wildman–Crippen LogP) is 2.48. The standard InChI is InChI=1S/C13H18BrN3O/c1-9-10(3-4-11(14)16-9)17-12(18)13(2)5-7-15-8-6-13/h3-4,15H,5-8H2,1-2H3,(H,17,18). The molecule has 1 aliphatic rings. The van der Waals surface area contributed by atoms with Gasteiger partial charge in [0.25, 0.3) is 0 Å². The van der Waals surface area contributed by atoms with Crippen molar-refractivity contribution >= 4 is 27.5 Å². The van der Waals surface area contributed by atoms with Crippen LogP contribution < -0.4 is 10.6 Å². The van der Waals surface area contributed by atoms with Gasteiger partial charge in [-0.25, -0.2) is 4.98 Å². The molecule has 0 saturated carbocycles. The molecule has 0 spiro atoms. The van der Waals surface area contributed by atoms with Crippen LogP contribution in [0.2, 0.25) is 0 Å². The molecular weight excluding hydrogens is 294 g/mol. The number of halogens is 1. The summed E-state index contributed by atoms with van der Waals surface area (Å²) >= 11 is 3.32. The summed E-state index contributed by atoms with van der Waals surface area (Å²) in [4.78, 5) is 16.6. The van der Waals surface area contributed by atoms with Gasteiger partial charge in [-0.2, -0.15) is 0 Å². The van der Waals surface area contributed by atoms with E-state index in [0.29, 0.717) is 0 Å². The Labute approximate surface area is 116 Å². The Kier molecular flexibility index (Phi) is 4.02. The van der Waals surface area contributed by atoms with Gasteiger partial charge < -0.3 is 10.6 Å². The van der Waals surface area contributed by atoms with Crippen molar-refractivity contribution in [2.24, 2.45) is 5.41 Å². The second-order valence-electron chi connectivity index (χ2n) is 5.03. The summed E-state index contributed by atoms with van der Waals surface area (Å²) in [5, 5.41) is 6.28. The minimum Gasteiger partial charge on any atom is -0.324 e. The number of amides is 1. The van der Waals surface area contributed by atoms with Crippen LogP contribution in [0.1, 0.15) is 25.5 Å². The van der Waals surface area contributed by atoms with Crippen molar-refractivity contribution in [1.82, 2.24) is 10.3 Å². The molecule has 1 aliphatic heterocycles. The Morgan fingerprint density at radius 1 is 1.44 bits per heavy atom. The van der Waals surface area contributed by atoms with Gasteiger partial charge in [-0.05, 0) is 60.9 Å². The largest absolute Gasteiger partial charge is 0.324 e. The Morgan fingerprint density at radius 2 is 2.11 bits per heavy atom. The van der Waals surface area contributed by atoms with E-state index >= 15 is 0 Å². The first kappa shape index (κ1) is 13.5. The number of nitrogens with zero attached hydrogens (tertiary/aromatic N) is 1. The van der Waals surface area contributed by atoms with E-state index in [1.54, 1.807) is 0 Å². The van der Waals surface area contributed by atoms with Gasteiger partial charge in [-0.3, -0.25) is 4.79 Å². The Balaban J connectivity index is 2.11. The number of hydrogen-bond acceptors (Lipinski definition) is 3. The maximum atomic E-state index is 12.3. The summed E-state index contributed by atoms with van der Waals surface area (Å²) in [7, 11) is 0. The fourth-order valence-corrected chi connectivity index (χ4v) is 2.54. The summed E-state index contributed by atoms with van der Waals surface area (Å²) < 4.78 is 0.783. The third kappa shape index (κ3) is 2.90. The second-order valence-corrected chi connectivity index (χ2v) is 5.84. The number of pyridine rings is 1. The number of carbonyl (C=O) groups is 1. The van der Waals surface area contributed by atoms with Gasteiger partial charge in [0.15, 0.2) is 0 Å². The average Bonchev–Trinajstić information content (AvgIpc) is 2.33. The maximum Gasteiger partial charge on any atom is 0.230 e. The molecule has 1 fully saturated rings. The molecule has 0 aromatic carbocycles. The number of piperidine rings is 1. The molecule has 0 bridgehead atoms. The molecule has 4 nitrogen and oxygen atoms in total. The number of rotatable bonds is 2. The first-order valence-electron chi connectivity index (χ1n) is 6.17. The second kappa shape index (κ2) is 5.36. The van der Waals surface area contributed by atoms with Crippen LogP contribution in [-0.2, 0) is 4.79 Å². The zero-order valence-electron chi connectivity index (χ0n) is 10.7. The molecule has 0 atom stereocenters. The van der Waals surface area contributed by atoms with E-state index in [2.05, 4.69) is 31.5 Å². The van der Waals surface area contributed by atoms with E-state index in [1.807, 2.05) is 26.0 Å². The van der Waals surface area contributed by atoms with Gasteiger partial charge in [0.05, 0.1) is 11.4 Å². The monoisotopic (exact) mass is 311 g/mol. The minimum absolute atomic E-state index is 0.0937. The van der Waals surface area contributed by atoms with Crippen LogP contribution in [0.15, 0.2) is 16.7 Å². The molecule has 1 amide bonds. The number of hydrogen-bond donors (Lipinski definition) is 2. The van der Waals surface area contributed by atoms with Crippen LogP contribution >= 0.6 is 15.9 Å².